The van der Waals surface area contributed by atoms with Crippen LogP contribution in [0.4, 0.5) is 36.4 Å². The van der Waals surface area contributed by atoms with E-state index in [4.69, 9.17) is 5.73 Å². The van der Waals surface area contributed by atoms with Crippen molar-refractivity contribution in [3.63, 3.8) is 0 Å². The van der Waals surface area contributed by atoms with Crippen LogP contribution in [0, 0.1) is 40.7 Å². The second-order valence-electron chi connectivity index (χ2n) is 3.81. The molecule has 3 N–H and O–H groups in total. The predicted octanol–water partition coefficient (Wildman–Crippen LogP) is 3.47. The van der Waals surface area contributed by atoms with Crippen molar-refractivity contribution in [2.75, 3.05) is 5.32 Å². The summed E-state index contributed by atoms with van der Waals surface area (Å²) in [5.41, 5.74) is 3.59. The van der Waals surface area contributed by atoms with E-state index in [1.54, 1.807) is 5.32 Å². The average molecular weight is 328 g/mol. The standard InChI is InChI=1S/C11H3F7N2S/c12-3-1-2(4(13)8(17)7(3)16)6(15)10(20-11(19)21)9(18)5(1)14/h(H3,19,20,21). The average Bonchev–Trinajstić information content (AvgIpc) is 2.42. The molecule has 10 heteroatoms. The van der Waals surface area contributed by atoms with Crippen LogP contribution in [0.2, 0.25) is 0 Å². The van der Waals surface area contributed by atoms with Gasteiger partial charge in [-0.3, -0.25) is 0 Å². The first-order chi connectivity index (χ1) is 9.68. The topological polar surface area (TPSA) is 38.0 Å². The summed E-state index contributed by atoms with van der Waals surface area (Å²) in [4.78, 5) is 0. The van der Waals surface area contributed by atoms with E-state index in [0.29, 0.717) is 0 Å². The van der Waals surface area contributed by atoms with E-state index in [2.05, 4.69) is 12.2 Å². The third-order valence-corrected chi connectivity index (χ3v) is 2.69. The molecule has 0 atom stereocenters. The Morgan fingerprint density at radius 1 is 0.667 bits per heavy atom. The molecule has 0 aliphatic carbocycles. The van der Waals surface area contributed by atoms with Gasteiger partial charge >= 0.3 is 0 Å². The number of hydrogen-bond acceptors (Lipinski definition) is 1. The van der Waals surface area contributed by atoms with Gasteiger partial charge in [-0.25, -0.2) is 30.7 Å². The summed E-state index contributed by atoms with van der Waals surface area (Å²) >= 11 is 4.28. The number of nitrogens with two attached hydrogens (primary N) is 1. The van der Waals surface area contributed by atoms with E-state index >= 15 is 0 Å². The largest absolute Gasteiger partial charge is 0.376 e. The van der Waals surface area contributed by atoms with Crippen LogP contribution in [0.25, 0.3) is 10.8 Å². The number of hydrogen-bond donors (Lipinski definition) is 2. The molecule has 2 nitrogen and oxygen atoms in total. The van der Waals surface area contributed by atoms with Crippen molar-refractivity contribution in [2.24, 2.45) is 5.73 Å². The molecule has 2 rings (SSSR count). The fourth-order valence-corrected chi connectivity index (χ4v) is 1.82. The molecule has 0 aliphatic rings. The van der Waals surface area contributed by atoms with Gasteiger partial charge in [-0.2, -0.15) is 0 Å². The molecule has 0 saturated carbocycles. The van der Waals surface area contributed by atoms with Crippen molar-refractivity contribution in [2.45, 2.75) is 0 Å². The number of rotatable bonds is 1. The van der Waals surface area contributed by atoms with E-state index in [-0.39, 0.29) is 0 Å². The summed E-state index contributed by atoms with van der Waals surface area (Å²) in [5.74, 6) is -15.3. The van der Waals surface area contributed by atoms with Gasteiger partial charge in [0.2, 0.25) is 0 Å². The Morgan fingerprint density at radius 3 is 1.48 bits per heavy atom. The number of halogens is 7. The van der Waals surface area contributed by atoms with Gasteiger partial charge < -0.3 is 11.1 Å². The van der Waals surface area contributed by atoms with Gasteiger partial charge in [0.25, 0.3) is 0 Å². The summed E-state index contributed by atoms with van der Waals surface area (Å²) in [5, 5.41) is -2.35. The Kier molecular flexibility index (Phi) is 3.66. The number of nitrogens with one attached hydrogen (secondary N) is 1. The fourth-order valence-electron chi connectivity index (χ4n) is 1.72. The molecule has 0 amide bonds. The molecule has 21 heavy (non-hydrogen) atoms. The van der Waals surface area contributed by atoms with Crippen LogP contribution in [0.15, 0.2) is 0 Å². The molecule has 2 aromatic carbocycles. The van der Waals surface area contributed by atoms with E-state index in [1.165, 1.54) is 0 Å². The minimum absolute atomic E-state index is 0.713. The molecule has 0 unspecified atom stereocenters. The van der Waals surface area contributed by atoms with E-state index < -0.39 is 62.3 Å². The second-order valence-corrected chi connectivity index (χ2v) is 4.25. The van der Waals surface area contributed by atoms with Crippen LogP contribution in [0.3, 0.4) is 0 Å². The zero-order valence-corrected chi connectivity index (χ0v) is 10.4. The zero-order valence-electron chi connectivity index (χ0n) is 9.63. The van der Waals surface area contributed by atoms with Crippen molar-refractivity contribution in [3.8, 4) is 0 Å². The Bertz CT molecular complexity index is 791. The van der Waals surface area contributed by atoms with Gasteiger partial charge in [-0.15, -0.1) is 0 Å². The molecule has 0 fully saturated rings. The van der Waals surface area contributed by atoms with Gasteiger partial charge in [0.05, 0.1) is 10.8 Å². The minimum atomic E-state index is -2.40. The van der Waals surface area contributed by atoms with Crippen LogP contribution in [-0.2, 0) is 0 Å². The van der Waals surface area contributed by atoms with Crippen molar-refractivity contribution >= 4 is 33.8 Å². The number of thiocarbonyl (C=S) groups is 1. The molecule has 112 valence electrons. The maximum atomic E-state index is 13.9. The third kappa shape index (κ3) is 2.15. The number of fused-ring (bicyclic) bond motifs is 1. The van der Waals surface area contributed by atoms with Gasteiger partial charge in [0, 0.05) is 0 Å². The van der Waals surface area contributed by atoms with Crippen molar-refractivity contribution < 1.29 is 30.7 Å². The Labute approximate surface area is 117 Å². The highest BCUT2D eigenvalue weighted by Gasteiger charge is 2.30. The van der Waals surface area contributed by atoms with Crippen molar-refractivity contribution in [3.05, 3.63) is 40.7 Å². The summed E-state index contributed by atoms with van der Waals surface area (Å²) < 4.78 is 94.3. The van der Waals surface area contributed by atoms with Gasteiger partial charge in [0.15, 0.2) is 45.8 Å². The first-order valence-electron chi connectivity index (χ1n) is 5.07. The Morgan fingerprint density at radius 2 is 1.05 bits per heavy atom. The molecule has 0 bridgehead atoms. The molecule has 0 heterocycles. The first kappa shape index (κ1) is 15.3. The minimum Gasteiger partial charge on any atom is -0.376 e. The Hall–Kier alpha value is -2.10. The lowest BCUT2D eigenvalue weighted by atomic mass is 10.1. The summed E-state index contributed by atoms with van der Waals surface area (Å²) in [7, 11) is 0. The van der Waals surface area contributed by atoms with Crippen LogP contribution in [0.5, 0.6) is 0 Å². The van der Waals surface area contributed by atoms with Crippen LogP contribution < -0.4 is 11.1 Å². The van der Waals surface area contributed by atoms with Crippen LogP contribution in [-0.4, -0.2) is 5.11 Å². The van der Waals surface area contributed by atoms with Crippen molar-refractivity contribution in [1.82, 2.24) is 0 Å². The maximum absolute atomic E-state index is 13.9. The second kappa shape index (κ2) is 5.02. The lowest BCUT2D eigenvalue weighted by Crippen LogP contribution is -2.21. The summed E-state index contributed by atoms with van der Waals surface area (Å²) in [6.07, 6.45) is 0. The highest BCUT2D eigenvalue weighted by atomic mass is 32.1. The van der Waals surface area contributed by atoms with Gasteiger partial charge in [0.1, 0.15) is 5.69 Å². The van der Waals surface area contributed by atoms with Crippen LogP contribution >= 0.6 is 12.2 Å². The highest BCUT2D eigenvalue weighted by molar-refractivity contribution is 7.80. The molecular formula is C11H3F7N2S. The molecule has 0 aliphatic heterocycles. The Balaban J connectivity index is 3.07. The first-order valence-corrected chi connectivity index (χ1v) is 5.47. The van der Waals surface area contributed by atoms with Crippen LogP contribution in [0.1, 0.15) is 0 Å². The SMILES string of the molecule is NC(=S)Nc1c(F)c(F)c2c(F)c(F)c(F)c(F)c2c1F. The lowest BCUT2D eigenvalue weighted by molar-refractivity contribution is 0.412. The maximum Gasteiger partial charge on any atom is 0.198 e. The van der Waals surface area contributed by atoms with E-state index in [1.807, 2.05) is 0 Å². The third-order valence-electron chi connectivity index (χ3n) is 2.59. The molecule has 0 spiro atoms. The number of benzene rings is 2. The quantitative estimate of drug-likeness (QED) is 0.364. The number of anilines is 1. The molecule has 2 aromatic rings. The normalized spacial score (nSPS) is 11.0. The highest BCUT2D eigenvalue weighted by Crippen LogP contribution is 2.36. The molecule has 0 saturated heterocycles. The summed E-state index contributed by atoms with van der Waals surface area (Å²) in [6, 6.07) is 0. The monoisotopic (exact) mass is 328 g/mol. The van der Waals surface area contributed by atoms with Gasteiger partial charge in [-0.05, 0) is 12.2 Å². The van der Waals surface area contributed by atoms with E-state index in [9.17, 15) is 30.7 Å². The molecular weight excluding hydrogens is 325 g/mol. The van der Waals surface area contributed by atoms with Gasteiger partial charge in [-0.1, -0.05) is 0 Å². The van der Waals surface area contributed by atoms with E-state index in [0.717, 1.165) is 0 Å². The van der Waals surface area contributed by atoms with Crippen molar-refractivity contribution in [1.29, 1.82) is 0 Å². The zero-order chi connectivity index (χ0) is 16.1. The molecule has 0 aromatic heterocycles. The lowest BCUT2D eigenvalue weighted by Gasteiger charge is -2.13. The smallest absolute Gasteiger partial charge is 0.198 e. The fraction of sp³-hybridized carbons (Fsp3) is 0. The summed E-state index contributed by atoms with van der Waals surface area (Å²) in [6.45, 7) is 0. The predicted molar refractivity (Wildman–Crippen MR) is 64.1 cm³/mol. The molecule has 0 radical (unpaired) electrons.